The van der Waals surface area contributed by atoms with Crippen molar-refractivity contribution < 1.29 is 18.8 Å². The lowest BCUT2D eigenvalue weighted by Crippen LogP contribution is -2.40. The van der Waals surface area contributed by atoms with Gasteiger partial charge in [-0.05, 0) is 37.5 Å². The Morgan fingerprint density at radius 1 is 1.23 bits per heavy atom. The standard InChI is InChI=1S/C22H22N4O4/c1-14-7-19(30-25-14)17-10-23-12-24-22(17)16-3-2-6-26(11-16)21(27)9-15-4-5-18-20(8-15)29-13-28-18/h4-5,7-8,10,12,16H,2-3,6,9,11,13H2,1H3/t16-/m1/s1. The Hall–Kier alpha value is -3.42. The zero-order valence-electron chi connectivity index (χ0n) is 16.7. The molecule has 8 nitrogen and oxygen atoms in total. The van der Waals surface area contributed by atoms with Gasteiger partial charge in [-0.15, -0.1) is 0 Å². The fourth-order valence-electron chi connectivity index (χ4n) is 4.11. The second-order valence-electron chi connectivity index (χ2n) is 7.70. The second kappa shape index (κ2) is 7.78. The maximum Gasteiger partial charge on any atom is 0.231 e. The number of benzene rings is 1. The van der Waals surface area contributed by atoms with Crippen molar-refractivity contribution in [2.75, 3.05) is 19.9 Å². The Bertz CT molecular complexity index is 1080. The molecule has 1 fully saturated rings. The Balaban J connectivity index is 1.32. The number of aryl methyl sites for hydroxylation is 1. The molecule has 1 atom stereocenters. The molecule has 2 aromatic heterocycles. The number of amides is 1. The van der Waals surface area contributed by atoms with Crippen molar-refractivity contribution >= 4 is 5.91 Å². The van der Waals surface area contributed by atoms with Gasteiger partial charge in [0.25, 0.3) is 0 Å². The Labute approximate surface area is 173 Å². The average molecular weight is 406 g/mol. The van der Waals surface area contributed by atoms with Crippen molar-refractivity contribution in [2.24, 2.45) is 0 Å². The average Bonchev–Trinajstić information content (AvgIpc) is 3.42. The van der Waals surface area contributed by atoms with Crippen molar-refractivity contribution in [3.8, 4) is 22.8 Å². The summed E-state index contributed by atoms with van der Waals surface area (Å²) in [5, 5.41) is 3.98. The topological polar surface area (TPSA) is 90.6 Å². The molecular formula is C22H22N4O4. The normalized spacial score (nSPS) is 17.9. The van der Waals surface area contributed by atoms with E-state index in [9.17, 15) is 4.79 Å². The first kappa shape index (κ1) is 18.6. The number of hydrogen-bond donors (Lipinski definition) is 0. The van der Waals surface area contributed by atoms with Gasteiger partial charge in [0.2, 0.25) is 12.7 Å². The molecule has 1 saturated heterocycles. The summed E-state index contributed by atoms with van der Waals surface area (Å²) in [5.74, 6) is 2.31. The Morgan fingerprint density at radius 2 is 2.13 bits per heavy atom. The summed E-state index contributed by atoms with van der Waals surface area (Å²) >= 11 is 0. The van der Waals surface area contributed by atoms with Crippen LogP contribution >= 0.6 is 0 Å². The third-order valence-corrected chi connectivity index (χ3v) is 5.59. The van der Waals surface area contributed by atoms with Crippen LogP contribution in [0.4, 0.5) is 0 Å². The molecule has 0 saturated carbocycles. The smallest absolute Gasteiger partial charge is 0.231 e. The van der Waals surface area contributed by atoms with Gasteiger partial charge in [0.15, 0.2) is 17.3 Å². The van der Waals surface area contributed by atoms with Gasteiger partial charge >= 0.3 is 0 Å². The summed E-state index contributed by atoms with van der Waals surface area (Å²) in [5.41, 5.74) is 3.48. The van der Waals surface area contributed by atoms with Gasteiger partial charge in [0.05, 0.1) is 23.4 Å². The van der Waals surface area contributed by atoms with Gasteiger partial charge in [-0.1, -0.05) is 11.2 Å². The molecule has 5 rings (SSSR count). The minimum absolute atomic E-state index is 0.102. The second-order valence-corrected chi connectivity index (χ2v) is 7.70. The van der Waals surface area contributed by atoms with Gasteiger partial charge in [0, 0.05) is 31.3 Å². The summed E-state index contributed by atoms with van der Waals surface area (Å²) < 4.78 is 16.2. The summed E-state index contributed by atoms with van der Waals surface area (Å²) in [4.78, 5) is 23.6. The number of piperidine rings is 1. The van der Waals surface area contributed by atoms with Gasteiger partial charge in [0.1, 0.15) is 6.33 Å². The molecule has 1 aromatic carbocycles. The molecule has 154 valence electrons. The predicted octanol–water partition coefficient (Wildman–Crippen LogP) is 3.12. The summed E-state index contributed by atoms with van der Waals surface area (Å²) in [6.45, 7) is 3.49. The molecule has 0 aliphatic carbocycles. The third kappa shape index (κ3) is 3.60. The van der Waals surface area contributed by atoms with Crippen molar-refractivity contribution in [2.45, 2.75) is 32.1 Å². The fraction of sp³-hybridized carbons (Fsp3) is 0.364. The third-order valence-electron chi connectivity index (χ3n) is 5.59. The molecule has 8 heteroatoms. The van der Waals surface area contributed by atoms with E-state index in [0.29, 0.717) is 24.5 Å². The first-order chi connectivity index (χ1) is 14.7. The Kier molecular flexibility index (Phi) is 4.82. The van der Waals surface area contributed by atoms with E-state index in [1.54, 1.807) is 12.5 Å². The SMILES string of the molecule is Cc1cc(-c2cncnc2[C@@H]2CCCN(C(=O)Cc3ccc4c(c3)OCO4)C2)on1. The number of ether oxygens (including phenoxy) is 2. The van der Waals surface area contributed by atoms with Crippen LogP contribution in [0.5, 0.6) is 11.5 Å². The van der Waals surface area contributed by atoms with E-state index in [4.69, 9.17) is 14.0 Å². The van der Waals surface area contributed by atoms with Crippen molar-refractivity contribution in [1.82, 2.24) is 20.0 Å². The van der Waals surface area contributed by atoms with Crippen molar-refractivity contribution in [1.29, 1.82) is 0 Å². The highest BCUT2D eigenvalue weighted by Crippen LogP contribution is 2.34. The van der Waals surface area contributed by atoms with E-state index in [2.05, 4.69) is 15.1 Å². The molecule has 0 N–H and O–H groups in total. The van der Waals surface area contributed by atoms with Crippen LogP contribution in [0.25, 0.3) is 11.3 Å². The number of rotatable bonds is 4. The largest absolute Gasteiger partial charge is 0.454 e. The molecular weight excluding hydrogens is 384 g/mol. The molecule has 0 unspecified atom stereocenters. The van der Waals surface area contributed by atoms with Crippen molar-refractivity contribution in [3.05, 3.63) is 53.7 Å². The first-order valence-electron chi connectivity index (χ1n) is 10.1. The highest BCUT2D eigenvalue weighted by molar-refractivity contribution is 5.79. The number of aromatic nitrogens is 3. The fourth-order valence-corrected chi connectivity index (χ4v) is 4.11. The van der Waals surface area contributed by atoms with Crippen LogP contribution in [-0.4, -0.2) is 45.8 Å². The highest BCUT2D eigenvalue weighted by atomic mass is 16.7. The van der Waals surface area contributed by atoms with Crippen LogP contribution in [0.1, 0.15) is 35.7 Å². The number of nitrogens with zero attached hydrogens (tertiary/aromatic N) is 4. The summed E-state index contributed by atoms with van der Waals surface area (Å²) in [6.07, 6.45) is 5.54. The number of hydrogen-bond acceptors (Lipinski definition) is 7. The lowest BCUT2D eigenvalue weighted by molar-refractivity contribution is -0.131. The van der Waals surface area contributed by atoms with Crippen molar-refractivity contribution in [3.63, 3.8) is 0 Å². The lowest BCUT2D eigenvalue weighted by Gasteiger charge is -2.33. The summed E-state index contributed by atoms with van der Waals surface area (Å²) in [6, 6.07) is 7.54. The molecule has 4 heterocycles. The van der Waals surface area contributed by atoms with Crippen LogP contribution < -0.4 is 9.47 Å². The van der Waals surface area contributed by atoms with E-state index in [-0.39, 0.29) is 18.6 Å². The molecule has 2 aliphatic heterocycles. The molecule has 1 amide bonds. The number of likely N-dealkylation sites (tertiary alicyclic amines) is 1. The van der Waals surface area contributed by atoms with Crippen LogP contribution in [0, 0.1) is 6.92 Å². The van der Waals surface area contributed by atoms with Gasteiger partial charge in [-0.2, -0.15) is 0 Å². The molecule has 0 bridgehead atoms. The first-order valence-corrected chi connectivity index (χ1v) is 10.1. The number of carbonyl (C=O) groups is 1. The Morgan fingerprint density at radius 3 is 3.00 bits per heavy atom. The van der Waals surface area contributed by atoms with Crippen LogP contribution in [-0.2, 0) is 11.2 Å². The van der Waals surface area contributed by atoms with Crippen LogP contribution in [0.3, 0.4) is 0 Å². The van der Waals surface area contributed by atoms with E-state index in [1.165, 1.54) is 0 Å². The van der Waals surface area contributed by atoms with E-state index < -0.39 is 0 Å². The number of carbonyl (C=O) groups excluding carboxylic acids is 1. The summed E-state index contributed by atoms with van der Waals surface area (Å²) in [7, 11) is 0. The predicted molar refractivity (Wildman–Crippen MR) is 107 cm³/mol. The monoisotopic (exact) mass is 406 g/mol. The van der Waals surface area contributed by atoms with Gasteiger partial charge in [-0.25, -0.2) is 9.97 Å². The molecule has 30 heavy (non-hydrogen) atoms. The zero-order valence-corrected chi connectivity index (χ0v) is 16.7. The maximum absolute atomic E-state index is 13.0. The van der Waals surface area contributed by atoms with Gasteiger partial charge in [-0.3, -0.25) is 4.79 Å². The van der Waals surface area contributed by atoms with E-state index >= 15 is 0 Å². The molecule has 3 aromatic rings. The molecule has 0 radical (unpaired) electrons. The minimum Gasteiger partial charge on any atom is -0.454 e. The number of fused-ring (bicyclic) bond motifs is 1. The zero-order chi connectivity index (χ0) is 20.5. The molecule has 2 aliphatic rings. The van der Waals surface area contributed by atoms with Crippen LogP contribution in [0.2, 0.25) is 0 Å². The highest BCUT2D eigenvalue weighted by Gasteiger charge is 2.28. The maximum atomic E-state index is 13.0. The quantitative estimate of drug-likeness (QED) is 0.657. The minimum atomic E-state index is 0.102. The molecule has 0 spiro atoms. The van der Waals surface area contributed by atoms with Gasteiger partial charge < -0.3 is 18.9 Å². The van der Waals surface area contributed by atoms with E-state index in [1.807, 2.05) is 36.1 Å². The van der Waals surface area contributed by atoms with E-state index in [0.717, 1.165) is 47.7 Å². The lowest BCUT2D eigenvalue weighted by atomic mass is 9.91. The van der Waals surface area contributed by atoms with Crippen LogP contribution in [0.15, 0.2) is 41.3 Å².